The second-order valence-corrected chi connectivity index (χ2v) is 6.13. The highest BCUT2D eigenvalue weighted by Crippen LogP contribution is 2.23. The molecule has 2 unspecified atom stereocenters. The van der Waals surface area contributed by atoms with E-state index in [2.05, 4.69) is 4.98 Å². The van der Waals surface area contributed by atoms with E-state index in [-0.39, 0.29) is 36.6 Å². The van der Waals surface area contributed by atoms with Crippen molar-refractivity contribution in [2.45, 2.75) is 32.4 Å². The molecule has 1 amide bonds. The number of aliphatic hydroxyl groups is 1. The minimum Gasteiger partial charge on any atom is -0.394 e. The molecular weight excluding hydrogens is 294 g/mol. The molecular formula is C17H21N3O3. The van der Waals surface area contributed by atoms with E-state index in [1.807, 2.05) is 25.1 Å². The molecule has 3 rings (SSSR count). The number of hydrogen-bond acceptors (Lipinski definition) is 4. The molecule has 1 N–H and O–H groups in total. The molecule has 2 aromatic rings. The molecule has 1 fully saturated rings. The minimum absolute atomic E-state index is 0.0227. The Morgan fingerprint density at radius 3 is 2.96 bits per heavy atom. The number of carbonyl (C=O) groups is 1. The molecule has 1 saturated heterocycles. The normalized spacial score (nSPS) is 21.6. The lowest BCUT2D eigenvalue weighted by molar-refractivity contribution is -0.138. The van der Waals surface area contributed by atoms with Gasteiger partial charge in [0.15, 0.2) is 0 Å². The Hall–Kier alpha value is -2.21. The van der Waals surface area contributed by atoms with Crippen LogP contribution in [0.1, 0.15) is 19.8 Å². The highest BCUT2D eigenvalue weighted by molar-refractivity contribution is 5.80. The lowest BCUT2D eigenvalue weighted by Crippen LogP contribution is -2.51. The molecule has 1 aromatic carbocycles. The van der Waals surface area contributed by atoms with Crippen molar-refractivity contribution in [3.63, 3.8) is 0 Å². The molecule has 2 atom stereocenters. The maximum atomic E-state index is 12.7. The van der Waals surface area contributed by atoms with Crippen LogP contribution in [0.5, 0.6) is 0 Å². The maximum Gasteiger partial charge on any atom is 0.269 e. The van der Waals surface area contributed by atoms with Crippen molar-refractivity contribution in [1.29, 1.82) is 0 Å². The first-order valence-corrected chi connectivity index (χ1v) is 7.96. The molecule has 0 radical (unpaired) electrons. The number of carbonyl (C=O) groups excluding carboxylic acids is 1. The fourth-order valence-electron chi connectivity index (χ4n) is 3.34. The lowest BCUT2D eigenvalue weighted by Gasteiger charge is -2.39. The number of rotatable bonds is 3. The van der Waals surface area contributed by atoms with Gasteiger partial charge in [-0.2, -0.15) is 0 Å². The first-order chi connectivity index (χ1) is 11.1. The van der Waals surface area contributed by atoms with Gasteiger partial charge in [-0.15, -0.1) is 0 Å². The van der Waals surface area contributed by atoms with Gasteiger partial charge >= 0.3 is 0 Å². The summed E-state index contributed by atoms with van der Waals surface area (Å²) in [6, 6.07) is 7.11. The number of nitrogens with zero attached hydrogens (tertiary/aromatic N) is 3. The van der Waals surface area contributed by atoms with Gasteiger partial charge in [0, 0.05) is 6.54 Å². The Morgan fingerprint density at radius 2 is 2.17 bits per heavy atom. The summed E-state index contributed by atoms with van der Waals surface area (Å²) in [6.45, 7) is 2.62. The molecule has 1 aliphatic rings. The number of amides is 1. The van der Waals surface area contributed by atoms with Crippen LogP contribution in [0.4, 0.5) is 0 Å². The zero-order valence-electron chi connectivity index (χ0n) is 13.2. The highest BCUT2D eigenvalue weighted by atomic mass is 16.3. The highest BCUT2D eigenvalue weighted by Gasteiger charge is 2.31. The summed E-state index contributed by atoms with van der Waals surface area (Å²) >= 11 is 0. The van der Waals surface area contributed by atoms with Gasteiger partial charge in [0.2, 0.25) is 5.91 Å². The van der Waals surface area contributed by atoms with Crippen LogP contribution < -0.4 is 5.56 Å². The van der Waals surface area contributed by atoms with E-state index in [4.69, 9.17) is 0 Å². The van der Waals surface area contributed by atoms with Gasteiger partial charge in [-0.1, -0.05) is 19.1 Å². The van der Waals surface area contributed by atoms with Crippen LogP contribution in [0, 0.1) is 5.92 Å². The van der Waals surface area contributed by atoms with Crippen LogP contribution in [0.15, 0.2) is 35.3 Å². The number of benzene rings is 1. The summed E-state index contributed by atoms with van der Waals surface area (Å²) in [7, 11) is 0. The second kappa shape index (κ2) is 6.50. The van der Waals surface area contributed by atoms with E-state index in [9.17, 15) is 14.7 Å². The summed E-state index contributed by atoms with van der Waals surface area (Å²) in [5, 5.41) is 9.60. The zero-order chi connectivity index (χ0) is 16.4. The summed E-state index contributed by atoms with van der Waals surface area (Å²) in [5.41, 5.74) is 1.05. The maximum absolute atomic E-state index is 12.7. The third-order valence-electron chi connectivity index (χ3n) is 4.67. The molecule has 0 aliphatic carbocycles. The Bertz CT molecular complexity index is 771. The van der Waals surface area contributed by atoms with Gasteiger partial charge in [-0.05, 0) is 30.9 Å². The third kappa shape index (κ3) is 2.99. The largest absolute Gasteiger partial charge is 0.394 e. The van der Waals surface area contributed by atoms with Crippen molar-refractivity contribution < 1.29 is 9.90 Å². The number of aromatic nitrogens is 2. The number of fused-ring (bicyclic) bond motifs is 1. The van der Waals surface area contributed by atoms with Crippen molar-refractivity contribution >= 4 is 16.9 Å². The van der Waals surface area contributed by atoms with Crippen LogP contribution in [0.25, 0.3) is 11.0 Å². The van der Waals surface area contributed by atoms with Crippen LogP contribution in [0.2, 0.25) is 0 Å². The average Bonchev–Trinajstić information content (AvgIpc) is 2.57. The first-order valence-electron chi connectivity index (χ1n) is 7.96. The Kier molecular flexibility index (Phi) is 4.43. The summed E-state index contributed by atoms with van der Waals surface area (Å²) in [5.74, 6) is 0.137. The standard InChI is InChI=1S/C17H21N3O3/c1-12-5-4-8-19(15(12)11-21)17(23)10-20-14-7-3-2-6-13(14)18-9-16(20)22/h2-3,6-7,9,12,15,21H,4-5,8,10-11H2,1H3. The van der Waals surface area contributed by atoms with E-state index in [0.29, 0.717) is 17.6 Å². The fourth-order valence-corrected chi connectivity index (χ4v) is 3.34. The van der Waals surface area contributed by atoms with Crippen LogP contribution in [-0.2, 0) is 11.3 Å². The molecule has 1 aromatic heterocycles. The zero-order valence-corrected chi connectivity index (χ0v) is 13.2. The predicted octanol–water partition coefficient (Wildman–Crippen LogP) is 1.02. The van der Waals surface area contributed by atoms with Gasteiger partial charge in [-0.25, -0.2) is 4.98 Å². The van der Waals surface area contributed by atoms with E-state index in [0.717, 1.165) is 12.8 Å². The topological polar surface area (TPSA) is 75.4 Å². The van der Waals surface area contributed by atoms with E-state index in [1.54, 1.807) is 11.0 Å². The number of aliphatic hydroxyl groups excluding tert-OH is 1. The predicted molar refractivity (Wildman–Crippen MR) is 87.0 cm³/mol. The molecule has 23 heavy (non-hydrogen) atoms. The molecule has 6 nitrogen and oxygen atoms in total. The van der Waals surface area contributed by atoms with Crippen molar-refractivity contribution in [3.8, 4) is 0 Å². The molecule has 0 bridgehead atoms. The van der Waals surface area contributed by atoms with E-state index in [1.165, 1.54) is 10.8 Å². The first kappa shape index (κ1) is 15.7. The summed E-state index contributed by atoms with van der Waals surface area (Å²) in [6.07, 6.45) is 3.18. The SMILES string of the molecule is CC1CCCN(C(=O)Cn2c(=O)cnc3ccccc32)C1CO. The number of para-hydroxylation sites is 2. The van der Waals surface area contributed by atoms with Crippen molar-refractivity contribution in [3.05, 3.63) is 40.8 Å². The van der Waals surface area contributed by atoms with Crippen molar-refractivity contribution in [2.24, 2.45) is 5.92 Å². The van der Waals surface area contributed by atoms with Crippen LogP contribution in [0.3, 0.4) is 0 Å². The lowest BCUT2D eigenvalue weighted by atomic mass is 9.91. The van der Waals surface area contributed by atoms with Crippen molar-refractivity contribution in [2.75, 3.05) is 13.2 Å². The molecule has 2 heterocycles. The quantitative estimate of drug-likeness (QED) is 0.917. The molecule has 1 aliphatic heterocycles. The average molecular weight is 315 g/mol. The van der Waals surface area contributed by atoms with Gasteiger partial charge in [0.1, 0.15) is 6.54 Å². The number of piperidine rings is 1. The smallest absolute Gasteiger partial charge is 0.269 e. The van der Waals surface area contributed by atoms with Gasteiger partial charge in [-0.3, -0.25) is 14.2 Å². The summed E-state index contributed by atoms with van der Waals surface area (Å²) in [4.78, 5) is 30.7. The molecule has 0 saturated carbocycles. The third-order valence-corrected chi connectivity index (χ3v) is 4.67. The molecule has 0 spiro atoms. The van der Waals surface area contributed by atoms with E-state index < -0.39 is 0 Å². The Morgan fingerprint density at radius 1 is 1.39 bits per heavy atom. The Balaban J connectivity index is 1.91. The fraction of sp³-hybridized carbons (Fsp3) is 0.471. The van der Waals surface area contributed by atoms with Crippen molar-refractivity contribution in [1.82, 2.24) is 14.5 Å². The number of hydrogen-bond donors (Lipinski definition) is 1. The van der Waals surface area contributed by atoms with Gasteiger partial charge < -0.3 is 10.0 Å². The van der Waals surface area contributed by atoms with Gasteiger partial charge in [0.05, 0.1) is 29.9 Å². The monoisotopic (exact) mass is 315 g/mol. The Labute approximate surface area is 134 Å². The minimum atomic E-state index is -0.289. The van der Waals surface area contributed by atoms with E-state index >= 15 is 0 Å². The molecule has 122 valence electrons. The molecule has 6 heteroatoms. The van der Waals surface area contributed by atoms with Crippen LogP contribution >= 0.6 is 0 Å². The summed E-state index contributed by atoms with van der Waals surface area (Å²) < 4.78 is 1.46. The van der Waals surface area contributed by atoms with Gasteiger partial charge in [0.25, 0.3) is 5.56 Å². The van der Waals surface area contributed by atoms with Crippen LogP contribution in [-0.4, -0.2) is 44.7 Å². The second-order valence-electron chi connectivity index (χ2n) is 6.13. The number of likely N-dealkylation sites (tertiary alicyclic amines) is 1.